The third kappa shape index (κ3) is 5.46. The first-order valence-corrected chi connectivity index (χ1v) is 14.8. The van der Waals surface area contributed by atoms with Gasteiger partial charge in [-0.25, -0.2) is 9.97 Å². The van der Waals surface area contributed by atoms with E-state index >= 15 is 0 Å². The van der Waals surface area contributed by atoms with Crippen LogP contribution in [0.3, 0.4) is 0 Å². The maximum absolute atomic E-state index is 13.3. The van der Waals surface area contributed by atoms with Gasteiger partial charge in [-0.15, -0.1) is 0 Å². The van der Waals surface area contributed by atoms with Gasteiger partial charge < -0.3 is 24.7 Å². The summed E-state index contributed by atoms with van der Waals surface area (Å²) >= 11 is 6.90. The SMILES string of the molecule is CCCc1c(CC)nc(C(=O)Nc2cccc(-c3cccc(NC(=O)c4nc5c(n4C)CCN(C)C5)c3C)c2Cl)n1C. The Labute approximate surface area is 251 Å². The van der Waals surface area contributed by atoms with E-state index in [1.165, 1.54) is 0 Å². The second-order valence-electron chi connectivity index (χ2n) is 10.9. The number of carbonyl (C=O) groups is 2. The Kier molecular flexibility index (Phi) is 8.52. The lowest BCUT2D eigenvalue weighted by Gasteiger charge is -2.21. The molecule has 0 aliphatic carbocycles. The number of aryl methyl sites for hydroxylation is 1. The molecule has 0 unspecified atom stereocenters. The second-order valence-corrected chi connectivity index (χ2v) is 11.3. The number of hydrogen-bond acceptors (Lipinski definition) is 5. The Hall–Kier alpha value is -3.95. The average molecular weight is 588 g/mol. The lowest BCUT2D eigenvalue weighted by molar-refractivity contribution is 0.100. The first-order valence-electron chi connectivity index (χ1n) is 14.4. The van der Waals surface area contributed by atoms with E-state index in [0.29, 0.717) is 28.0 Å². The molecule has 42 heavy (non-hydrogen) atoms. The minimum Gasteiger partial charge on any atom is -0.327 e. The van der Waals surface area contributed by atoms with Crippen LogP contribution in [0.2, 0.25) is 5.02 Å². The van der Waals surface area contributed by atoms with Gasteiger partial charge in [0.1, 0.15) is 0 Å². The molecule has 0 bridgehead atoms. The number of anilines is 2. The van der Waals surface area contributed by atoms with Crippen molar-refractivity contribution in [3.8, 4) is 11.1 Å². The van der Waals surface area contributed by atoms with Crippen molar-refractivity contribution >= 4 is 34.8 Å². The van der Waals surface area contributed by atoms with E-state index in [2.05, 4.69) is 39.5 Å². The van der Waals surface area contributed by atoms with Crippen LogP contribution in [-0.2, 0) is 39.9 Å². The summed E-state index contributed by atoms with van der Waals surface area (Å²) in [5.74, 6) is 0.187. The lowest BCUT2D eigenvalue weighted by atomic mass is 9.98. The predicted molar refractivity (Wildman–Crippen MR) is 167 cm³/mol. The highest BCUT2D eigenvalue weighted by Gasteiger charge is 2.25. The van der Waals surface area contributed by atoms with E-state index in [1.807, 2.05) is 67.4 Å². The molecular weight excluding hydrogens is 550 g/mol. The molecule has 0 saturated heterocycles. The zero-order valence-electron chi connectivity index (χ0n) is 25.1. The lowest BCUT2D eigenvalue weighted by Crippen LogP contribution is -2.27. The van der Waals surface area contributed by atoms with Crippen molar-refractivity contribution in [3.05, 3.63) is 81.4 Å². The monoisotopic (exact) mass is 587 g/mol. The summed E-state index contributed by atoms with van der Waals surface area (Å²) in [5.41, 5.74) is 7.70. The van der Waals surface area contributed by atoms with E-state index in [4.69, 9.17) is 11.6 Å². The van der Waals surface area contributed by atoms with Crippen molar-refractivity contribution in [2.75, 3.05) is 24.2 Å². The zero-order valence-corrected chi connectivity index (χ0v) is 25.9. The summed E-state index contributed by atoms with van der Waals surface area (Å²) in [6, 6.07) is 11.2. The van der Waals surface area contributed by atoms with Crippen LogP contribution in [0, 0.1) is 6.92 Å². The maximum Gasteiger partial charge on any atom is 0.291 e. The molecule has 1 aliphatic heterocycles. The first-order chi connectivity index (χ1) is 20.1. The molecule has 9 nitrogen and oxygen atoms in total. The highest BCUT2D eigenvalue weighted by Crippen LogP contribution is 2.37. The standard InChI is InChI=1S/C32H38ClN7O2/c1-7-11-26-22(8-2)34-29(39(26)5)32(42)37-24-15-10-13-21(28(24)33)20-12-9-14-23(19(20)3)36-31(41)30-35-25-18-38(4)17-16-27(25)40(30)6/h9-10,12-15H,7-8,11,16-18H2,1-6H3,(H,36,41)(H,37,42). The van der Waals surface area contributed by atoms with Crippen LogP contribution < -0.4 is 10.6 Å². The third-order valence-corrected chi connectivity index (χ3v) is 8.50. The molecule has 3 heterocycles. The average Bonchev–Trinajstić information content (AvgIpc) is 3.47. The van der Waals surface area contributed by atoms with Crippen molar-refractivity contribution in [2.45, 2.75) is 53.0 Å². The molecule has 0 saturated carbocycles. The molecule has 0 fully saturated rings. The van der Waals surface area contributed by atoms with Gasteiger partial charge in [0.05, 0.1) is 22.1 Å². The Balaban J connectivity index is 1.40. The van der Waals surface area contributed by atoms with Crippen LogP contribution in [0.4, 0.5) is 11.4 Å². The number of amides is 2. The van der Waals surface area contributed by atoms with Gasteiger partial charge in [0, 0.05) is 56.2 Å². The number of aromatic nitrogens is 4. The Morgan fingerprint density at radius 2 is 1.55 bits per heavy atom. The van der Waals surface area contributed by atoms with E-state index < -0.39 is 0 Å². The van der Waals surface area contributed by atoms with Crippen molar-refractivity contribution < 1.29 is 9.59 Å². The van der Waals surface area contributed by atoms with Crippen molar-refractivity contribution in [1.82, 2.24) is 24.0 Å². The van der Waals surface area contributed by atoms with Crippen LogP contribution >= 0.6 is 11.6 Å². The van der Waals surface area contributed by atoms with Crippen LogP contribution in [0.5, 0.6) is 0 Å². The highest BCUT2D eigenvalue weighted by atomic mass is 35.5. The van der Waals surface area contributed by atoms with Crippen LogP contribution in [0.15, 0.2) is 36.4 Å². The van der Waals surface area contributed by atoms with Crippen molar-refractivity contribution in [2.24, 2.45) is 14.1 Å². The smallest absolute Gasteiger partial charge is 0.291 e. The van der Waals surface area contributed by atoms with Gasteiger partial charge in [-0.3, -0.25) is 9.59 Å². The number of nitrogens with zero attached hydrogens (tertiary/aromatic N) is 5. The Morgan fingerprint density at radius 1 is 0.905 bits per heavy atom. The van der Waals surface area contributed by atoms with E-state index in [-0.39, 0.29) is 11.8 Å². The topological polar surface area (TPSA) is 97.1 Å². The zero-order chi connectivity index (χ0) is 30.1. The molecule has 220 valence electrons. The number of fused-ring (bicyclic) bond motifs is 1. The molecule has 0 spiro atoms. The van der Waals surface area contributed by atoms with Gasteiger partial charge in [0.25, 0.3) is 11.8 Å². The minimum absolute atomic E-state index is 0.258. The number of nitrogens with one attached hydrogen (secondary N) is 2. The quantitative estimate of drug-likeness (QED) is 0.272. The molecule has 2 aromatic heterocycles. The molecule has 2 amide bonds. The molecule has 5 rings (SSSR count). The van der Waals surface area contributed by atoms with Crippen LogP contribution in [0.25, 0.3) is 11.1 Å². The van der Waals surface area contributed by atoms with Gasteiger partial charge in [0.2, 0.25) is 0 Å². The highest BCUT2D eigenvalue weighted by molar-refractivity contribution is 6.36. The van der Waals surface area contributed by atoms with Crippen LogP contribution in [-0.4, -0.2) is 49.4 Å². The number of benzene rings is 2. The number of halogens is 1. The number of carbonyl (C=O) groups excluding carboxylic acids is 2. The first kappa shape index (κ1) is 29.5. The summed E-state index contributed by atoms with van der Waals surface area (Å²) in [4.78, 5) is 38.1. The van der Waals surface area contributed by atoms with Crippen LogP contribution in [0.1, 0.15) is 69.8 Å². The van der Waals surface area contributed by atoms with Crippen molar-refractivity contribution in [1.29, 1.82) is 0 Å². The predicted octanol–water partition coefficient (Wildman–Crippen LogP) is 5.79. The summed E-state index contributed by atoms with van der Waals surface area (Å²) in [6.45, 7) is 7.78. The fraction of sp³-hybridized carbons (Fsp3) is 0.375. The fourth-order valence-electron chi connectivity index (χ4n) is 5.74. The summed E-state index contributed by atoms with van der Waals surface area (Å²) in [6.07, 6.45) is 3.46. The maximum atomic E-state index is 13.3. The van der Waals surface area contributed by atoms with Gasteiger partial charge in [-0.2, -0.15) is 0 Å². The molecule has 2 aromatic carbocycles. The molecule has 0 radical (unpaired) electrons. The normalized spacial score (nSPS) is 13.2. The minimum atomic E-state index is -0.310. The van der Waals surface area contributed by atoms with E-state index in [1.54, 1.807) is 6.07 Å². The van der Waals surface area contributed by atoms with Crippen molar-refractivity contribution in [3.63, 3.8) is 0 Å². The second kappa shape index (κ2) is 12.1. The molecule has 10 heteroatoms. The third-order valence-electron chi connectivity index (χ3n) is 8.09. The van der Waals surface area contributed by atoms with Gasteiger partial charge in [0.15, 0.2) is 11.6 Å². The number of imidazole rings is 2. The summed E-state index contributed by atoms with van der Waals surface area (Å²) in [5, 5.41) is 6.44. The van der Waals surface area contributed by atoms with E-state index in [0.717, 1.165) is 78.2 Å². The fourth-order valence-corrected chi connectivity index (χ4v) is 6.02. The largest absolute Gasteiger partial charge is 0.327 e. The molecule has 0 atom stereocenters. The number of hydrogen-bond donors (Lipinski definition) is 2. The van der Waals surface area contributed by atoms with Gasteiger partial charge in [-0.05, 0) is 50.1 Å². The Morgan fingerprint density at radius 3 is 2.24 bits per heavy atom. The molecular formula is C32H38ClN7O2. The van der Waals surface area contributed by atoms with Gasteiger partial charge in [-0.1, -0.05) is 56.1 Å². The van der Waals surface area contributed by atoms with E-state index in [9.17, 15) is 9.59 Å². The summed E-state index contributed by atoms with van der Waals surface area (Å²) < 4.78 is 3.78. The Bertz CT molecular complexity index is 1610. The molecule has 4 aromatic rings. The van der Waals surface area contributed by atoms with Gasteiger partial charge >= 0.3 is 0 Å². The number of rotatable bonds is 8. The number of likely N-dealkylation sites (N-methyl/N-ethyl adjacent to an activating group) is 1. The molecule has 2 N–H and O–H groups in total. The molecule has 1 aliphatic rings. The summed E-state index contributed by atoms with van der Waals surface area (Å²) in [7, 11) is 5.83.